The number of likely N-dealkylation sites (tertiary alicyclic amines) is 1. The minimum Gasteiger partial charge on any atom is -0.393 e. The molecule has 2 rings (SSSR count). The highest BCUT2D eigenvalue weighted by atomic mass is 19.1. The predicted octanol–water partition coefficient (Wildman–Crippen LogP) is 1.99. The van der Waals surface area contributed by atoms with Gasteiger partial charge in [-0.05, 0) is 18.9 Å². The van der Waals surface area contributed by atoms with Gasteiger partial charge in [-0.1, -0.05) is 6.07 Å². The van der Waals surface area contributed by atoms with Crippen LogP contribution >= 0.6 is 0 Å². The molecule has 1 aliphatic rings. The average Bonchev–Trinajstić information content (AvgIpc) is 2.35. The molecule has 1 atom stereocenters. The fourth-order valence-corrected chi connectivity index (χ4v) is 2.22. The molecule has 0 saturated carbocycles. The summed E-state index contributed by atoms with van der Waals surface area (Å²) in [6.07, 6.45) is 0.792. The number of nitrogens with zero attached hydrogens (tertiary/aromatic N) is 2. The summed E-state index contributed by atoms with van der Waals surface area (Å²) in [6, 6.07) is 4.57. The monoisotopic (exact) mass is 252 g/mol. The maximum atomic E-state index is 13.7. The van der Waals surface area contributed by atoms with E-state index < -0.39 is 17.7 Å². The highest BCUT2D eigenvalue weighted by Gasteiger charge is 2.27. The number of rotatable bonds is 2. The maximum absolute atomic E-state index is 13.7. The van der Waals surface area contributed by atoms with Crippen LogP contribution in [-0.2, 0) is 0 Å². The van der Waals surface area contributed by atoms with Crippen molar-refractivity contribution in [3.8, 4) is 6.07 Å². The van der Waals surface area contributed by atoms with Gasteiger partial charge in [-0.2, -0.15) is 5.26 Å². The van der Waals surface area contributed by atoms with Crippen LogP contribution < -0.4 is 0 Å². The number of nitriles is 1. The zero-order chi connectivity index (χ0) is 13.1. The summed E-state index contributed by atoms with van der Waals surface area (Å²) < 4.78 is 26.5. The van der Waals surface area contributed by atoms with Crippen molar-refractivity contribution in [3.05, 3.63) is 35.4 Å². The van der Waals surface area contributed by atoms with E-state index >= 15 is 0 Å². The maximum Gasteiger partial charge on any atom is 0.131 e. The Bertz CT molecular complexity index is 465. The molecular weight excluding hydrogens is 238 g/mol. The van der Waals surface area contributed by atoms with Gasteiger partial charge in [0.2, 0.25) is 0 Å². The van der Waals surface area contributed by atoms with Gasteiger partial charge in [0.15, 0.2) is 0 Å². The zero-order valence-corrected chi connectivity index (χ0v) is 9.81. The van der Waals surface area contributed by atoms with Crippen LogP contribution in [0.2, 0.25) is 0 Å². The minimum absolute atomic E-state index is 0.190. The van der Waals surface area contributed by atoms with E-state index in [1.54, 1.807) is 0 Å². The molecule has 0 aliphatic carbocycles. The van der Waals surface area contributed by atoms with Crippen LogP contribution in [0.1, 0.15) is 24.4 Å². The summed E-state index contributed by atoms with van der Waals surface area (Å²) in [5.41, 5.74) is 0.190. The summed E-state index contributed by atoms with van der Waals surface area (Å²) in [7, 11) is 0. The van der Waals surface area contributed by atoms with Gasteiger partial charge >= 0.3 is 0 Å². The standard InChI is InChI=1S/C13H14F2N2O/c14-9-1-2-11(12(15)7-9)13(8-16)17-5-3-10(18)4-6-17/h1-2,7,10,13,18H,3-6H2. The lowest BCUT2D eigenvalue weighted by Gasteiger charge is -2.33. The first kappa shape index (κ1) is 12.9. The molecule has 96 valence electrons. The number of halogens is 2. The van der Waals surface area contributed by atoms with Crippen molar-refractivity contribution in [2.24, 2.45) is 0 Å². The molecule has 1 N–H and O–H groups in total. The first-order valence-electron chi connectivity index (χ1n) is 5.88. The Morgan fingerprint density at radius 1 is 1.33 bits per heavy atom. The second-order valence-corrected chi connectivity index (χ2v) is 4.46. The lowest BCUT2D eigenvalue weighted by Crippen LogP contribution is -2.38. The first-order chi connectivity index (χ1) is 8.61. The van der Waals surface area contributed by atoms with Crippen molar-refractivity contribution in [2.75, 3.05) is 13.1 Å². The van der Waals surface area contributed by atoms with Crippen molar-refractivity contribution >= 4 is 0 Å². The quantitative estimate of drug-likeness (QED) is 0.875. The molecular formula is C13H14F2N2O. The third-order valence-corrected chi connectivity index (χ3v) is 3.24. The molecule has 1 aromatic rings. The molecule has 0 spiro atoms. The Morgan fingerprint density at radius 2 is 2.00 bits per heavy atom. The van der Waals surface area contributed by atoms with Gasteiger partial charge in [-0.3, -0.25) is 4.90 Å². The van der Waals surface area contributed by atoms with Gasteiger partial charge in [0.1, 0.15) is 17.7 Å². The SMILES string of the molecule is N#CC(c1ccc(F)cc1F)N1CCC(O)CC1. The molecule has 1 heterocycles. The largest absolute Gasteiger partial charge is 0.393 e. The number of benzene rings is 1. The first-order valence-corrected chi connectivity index (χ1v) is 5.88. The van der Waals surface area contributed by atoms with E-state index in [4.69, 9.17) is 0 Å². The van der Waals surface area contributed by atoms with Gasteiger partial charge < -0.3 is 5.11 Å². The lowest BCUT2D eigenvalue weighted by molar-refractivity contribution is 0.0710. The van der Waals surface area contributed by atoms with Crippen LogP contribution in [0.25, 0.3) is 0 Å². The van der Waals surface area contributed by atoms with Gasteiger partial charge in [0.25, 0.3) is 0 Å². The van der Waals surface area contributed by atoms with E-state index in [1.165, 1.54) is 6.07 Å². The summed E-state index contributed by atoms with van der Waals surface area (Å²) in [5, 5.41) is 18.6. The zero-order valence-electron chi connectivity index (χ0n) is 9.81. The van der Waals surface area contributed by atoms with E-state index in [9.17, 15) is 19.1 Å². The van der Waals surface area contributed by atoms with E-state index in [1.807, 2.05) is 11.0 Å². The highest BCUT2D eigenvalue weighted by Crippen LogP contribution is 2.26. The van der Waals surface area contributed by atoms with Crippen LogP contribution in [-0.4, -0.2) is 29.2 Å². The third kappa shape index (κ3) is 2.66. The van der Waals surface area contributed by atoms with Gasteiger partial charge in [-0.15, -0.1) is 0 Å². The average molecular weight is 252 g/mol. The van der Waals surface area contributed by atoms with E-state index in [0.29, 0.717) is 25.9 Å². The van der Waals surface area contributed by atoms with Crippen molar-refractivity contribution in [3.63, 3.8) is 0 Å². The predicted molar refractivity (Wildman–Crippen MR) is 61.5 cm³/mol. The molecule has 0 radical (unpaired) electrons. The fraction of sp³-hybridized carbons (Fsp3) is 0.462. The van der Waals surface area contributed by atoms with E-state index in [0.717, 1.165) is 12.1 Å². The van der Waals surface area contributed by atoms with Crippen LogP contribution in [0.15, 0.2) is 18.2 Å². The molecule has 0 bridgehead atoms. The smallest absolute Gasteiger partial charge is 0.131 e. The van der Waals surface area contributed by atoms with Gasteiger partial charge in [0, 0.05) is 24.7 Å². The Kier molecular flexibility index (Phi) is 3.90. The highest BCUT2D eigenvalue weighted by molar-refractivity contribution is 5.26. The fourth-order valence-electron chi connectivity index (χ4n) is 2.22. The molecule has 1 aliphatic heterocycles. The van der Waals surface area contributed by atoms with Gasteiger partial charge in [0.05, 0.1) is 12.2 Å². The molecule has 1 fully saturated rings. The molecule has 0 aromatic heterocycles. The summed E-state index contributed by atoms with van der Waals surface area (Å²) >= 11 is 0. The van der Waals surface area contributed by atoms with Crippen LogP contribution in [0.5, 0.6) is 0 Å². The van der Waals surface area contributed by atoms with Crippen LogP contribution in [0, 0.1) is 23.0 Å². The number of piperidine rings is 1. The second-order valence-electron chi connectivity index (χ2n) is 4.46. The molecule has 5 heteroatoms. The third-order valence-electron chi connectivity index (χ3n) is 3.24. The normalized spacial score (nSPS) is 19.4. The van der Waals surface area contributed by atoms with Crippen molar-refractivity contribution in [2.45, 2.75) is 25.0 Å². The molecule has 18 heavy (non-hydrogen) atoms. The second kappa shape index (κ2) is 5.42. The number of hydrogen-bond acceptors (Lipinski definition) is 3. The molecule has 1 saturated heterocycles. The van der Waals surface area contributed by atoms with Crippen molar-refractivity contribution < 1.29 is 13.9 Å². The molecule has 3 nitrogen and oxygen atoms in total. The number of aliphatic hydroxyl groups is 1. The van der Waals surface area contributed by atoms with Crippen molar-refractivity contribution in [1.29, 1.82) is 5.26 Å². The topological polar surface area (TPSA) is 47.3 Å². The molecule has 0 amide bonds. The van der Waals surface area contributed by atoms with Gasteiger partial charge in [-0.25, -0.2) is 8.78 Å². The number of aliphatic hydroxyl groups excluding tert-OH is 1. The summed E-state index contributed by atoms with van der Waals surface area (Å²) in [5.74, 6) is -1.35. The summed E-state index contributed by atoms with van der Waals surface area (Å²) in [4.78, 5) is 1.81. The lowest BCUT2D eigenvalue weighted by atomic mass is 10.0. The summed E-state index contributed by atoms with van der Waals surface area (Å²) in [6.45, 7) is 1.08. The molecule has 1 unspecified atom stereocenters. The van der Waals surface area contributed by atoms with Crippen molar-refractivity contribution in [1.82, 2.24) is 4.90 Å². The van der Waals surface area contributed by atoms with Crippen LogP contribution in [0.3, 0.4) is 0 Å². The Labute approximate surface area is 104 Å². The van der Waals surface area contributed by atoms with E-state index in [2.05, 4.69) is 0 Å². The van der Waals surface area contributed by atoms with Crippen LogP contribution in [0.4, 0.5) is 8.78 Å². The van der Waals surface area contributed by atoms with E-state index in [-0.39, 0.29) is 11.7 Å². The Balaban J connectivity index is 2.21. The number of hydrogen-bond donors (Lipinski definition) is 1. The Morgan fingerprint density at radius 3 is 2.56 bits per heavy atom. The molecule has 1 aromatic carbocycles. The Hall–Kier alpha value is -1.51. The minimum atomic E-state index is -0.724.